The molecule has 0 aliphatic carbocycles. The summed E-state index contributed by atoms with van der Waals surface area (Å²) < 4.78 is 0. The van der Waals surface area contributed by atoms with Gasteiger partial charge in [0.2, 0.25) is 0 Å². The van der Waals surface area contributed by atoms with Crippen LogP contribution in [-0.4, -0.2) is 9.97 Å². The zero-order valence-electron chi connectivity index (χ0n) is 8.72. The maximum atomic E-state index is 5.93. The number of halogens is 4. The van der Waals surface area contributed by atoms with E-state index in [1.165, 1.54) is 0 Å². The molecule has 90 valence electrons. The number of nitrogens with zero attached hydrogens (tertiary/aromatic N) is 2. The summed E-state index contributed by atoms with van der Waals surface area (Å²) >= 11 is 23.6. The third kappa shape index (κ3) is 1.99. The molecular formula is C12H4Cl4N2. The SMILES string of the molecule is Clc1cc2cc3nc(Cl)c(Cl)cc3cc2nc1Cl. The average Bonchev–Trinajstić information content (AvgIpc) is 2.31. The van der Waals surface area contributed by atoms with Crippen LogP contribution >= 0.6 is 46.4 Å². The van der Waals surface area contributed by atoms with Crippen LogP contribution in [0.5, 0.6) is 0 Å². The Morgan fingerprint density at radius 2 is 1.00 bits per heavy atom. The Labute approximate surface area is 122 Å². The first kappa shape index (κ1) is 12.2. The van der Waals surface area contributed by atoms with E-state index in [1.54, 1.807) is 12.1 Å². The highest BCUT2D eigenvalue weighted by Gasteiger charge is 2.07. The van der Waals surface area contributed by atoms with Gasteiger partial charge in [-0.2, -0.15) is 0 Å². The largest absolute Gasteiger partial charge is 0.234 e. The normalized spacial score (nSPS) is 11.3. The molecule has 0 fully saturated rings. The summed E-state index contributed by atoms with van der Waals surface area (Å²) in [5.41, 5.74) is 1.47. The smallest absolute Gasteiger partial charge is 0.148 e. The van der Waals surface area contributed by atoms with Crippen molar-refractivity contribution in [2.45, 2.75) is 0 Å². The highest BCUT2D eigenvalue weighted by molar-refractivity contribution is 6.42. The molecule has 0 aliphatic heterocycles. The lowest BCUT2D eigenvalue weighted by Crippen LogP contribution is -1.86. The number of pyridine rings is 2. The van der Waals surface area contributed by atoms with Crippen molar-refractivity contribution in [3.63, 3.8) is 0 Å². The summed E-state index contributed by atoms with van der Waals surface area (Å²) in [7, 11) is 0. The molecule has 0 bridgehead atoms. The van der Waals surface area contributed by atoms with E-state index in [9.17, 15) is 0 Å². The third-order valence-corrected chi connectivity index (χ3v) is 3.92. The Bertz CT molecular complexity index is 657. The molecule has 2 nitrogen and oxygen atoms in total. The molecule has 0 N–H and O–H groups in total. The van der Waals surface area contributed by atoms with Gasteiger partial charge in [-0.1, -0.05) is 46.4 Å². The number of rotatable bonds is 0. The molecule has 0 radical (unpaired) electrons. The van der Waals surface area contributed by atoms with Crippen molar-refractivity contribution in [2.24, 2.45) is 0 Å². The Hall–Kier alpha value is -0.800. The minimum Gasteiger partial charge on any atom is -0.234 e. The molecule has 0 spiro atoms. The Kier molecular flexibility index (Phi) is 2.99. The van der Waals surface area contributed by atoms with Gasteiger partial charge >= 0.3 is 0 Å². The van der Waals surface area contributed by atoms with E-state index in [1.807, 2.05) is 12.1 Å². The highest BCUT2D eigenvalue weighted by Crippen LogP contribution is 2.30. The van der Waals surface area contributed by atoms with Crippen LogP contribution in [0, 0.1) is 0 Å². The van der Waals surface area contributed by atoms with Crippen LogP contribution in [0.3, 0.4) is 0 Å². The van der Waals surface area contributed by atoms with Gasteiger partial charge in [-0.3, -0.25) is 0 Å². The topological polar surface area (TPSA) is 25.8 Å². The van der Waals surface area contributed by atoms with Crippen molar-refractivity contribution in [1.82, 2.24) is 9.97 Å². The van der Waals surface area contributed by atoms with E-state index in [-0.39, 0.29) is 10.3 Å². The van der Waals surface area contributed by atoms with Gasteiger partial charge < -0.3 is 0 Å². The van der Waals surface area contributed by atoms with Crippen molar-refractivity contribution in [3.8, 4) is 0 Å². The zero-order valence-corrected chi connectivity index (χ0v) is 11.7. The maximum absolute atomic E-state index is 5.93. The molecule has 18 heavy (non-hydrogen) atoms. The fourth-order valence-electron chi connectivity index (χ4n) is 1.74. The van der Waals surface area contributed by atoms with Gasteiger partial charge in [0.15, 0.2) is 0 Å². The summed E-state index contributed by atoms with van der Waals surface area (Å²) in [5.74, 6) is 0. The fourth-order valence-corrected chi connectivity index (χ4v) is 2.36. The number of hydrogen-bond acceptors (Lipinski definition) is 2. The van der Waals surface area contributed by atoms with Crippen molar-refractivity contribution in [1.29, 1.82) is 0 Å². The monoisotopic (exact) mass is 316 g/mol. The first-order valence-corrected chi connectivity index (χ1v) is 6.47. The molecule has 0 saturated carbocycles. The number of aromatic nitrogens is 2. The molecule has 0 atom stereocenters. The summed E-state index contributed by atoms with van der Waals surface area (Å²) in [6.07, 6.45) is 0. The Balaban J connectivity index is 2.43. The van der Waals surface area contributed by atoms with E-state index in [0.717, 1.165) is 21.8 Å². The molecule has 3 aromatic rings. The van der Waals surface area contributed by atoms with Crippen LogP contribution in [0.4, 0.5) is 0 Å². The second-order valence-electron chi connectivity index (χ2n) is 3.76. The van der Waals surface area contributed by atoms with E-state index < -0.39 is 0 Å². The van der Waals surface area contributed by atoms with E-state index in [4.69, 9.17) is 46.4 Å². The lowest BCUT2D eigenvalue weighted by molar-refractivity contribution is 1.39. The van der Waals surface area contributed by atoms with Gasteiger partial charge in [0.1, 0.15) is 10.3 Å². The lowest BCUT2D eigenvalue weighted by Gasteiger charge is -2.04. The second-order valence-corrected chi connectivity index (χ2v) is 5.29. The van der Waals surface area contributed by atoms with E-state index in [2.05, 4.69) is 9.97 Å². The lowest BCUT2D eigenvalue weighted by atomic mass is 10.1. The summed E-state index contributed by atoms with van der Waals surface area (Å²) in [4.78, 5) is 8.41. The van der Waals surface area contributed by atoms with Crippen LogP contribution in [0.15, 0.2) is 24.3 Å². The Morgan fingerprint density at radius 1 is 0.611 bits per heavy atom. The van der Waals surface area contributed by atoms with Crippen molar-refractivity contribution < 1.29 is 0 Å². The van der Waals surface area contributed by atoms with Gasteiger partial charge in [0.05, 0.1) is 21.1 Å². The predicted octanol–water partition coefficient (Wildman–Crippen LogP) is 5.40. The summed E-state index contributed by atoms with van der Waals surface area (Å²) in [5, 5.41) is 3.06. The third-order valence-electron chi connectivity index (χ3n) is 2.57. The minimum absolute atomic E-state index is 0.275. The fraction of sp³-hybridized carbons (Fsp3) is 0. The first-order chi connectivity index (χ1) is 8.54. The summed E-state index contributed by atoms with van der Waals surface area (Å²) in [6.45, 7) is 0. The zero-order chi connectivity index (χ0) is 12.9. The minimum atomic E-state index is 0.275. The van der Waals surface area contributed by atoms with Crippen LogP contribution in [0.1, 0.15) is 0 Å². The van der Waals surface area contributed by atoms with Crippen LogP contribution in [-0.2, 0) is 0 Å². The predicted molar refractivity (Wildman–Crippen MR) is 77.1 cm³/mol. The molecule has 6 heteroatoms. The van der Waals surface area contributed by atoms with Gasteiger partial charge in [0.25, 0.3) is 0 Å². The second kappa shape index (κ2) is 4.39. The van der Waals surface area contributed by atoms with Gasteiger partial charge in [-0.15, -0.1) is 0 Å². The van der Waals surface area contributed by atoms with E-state index >= 15 is 0 Å². The molecule has 0 unspecified atom stereocenters. The molecule has 1 aromatic carbocycles. The molecule has 3 rings (SSSR count). The van der Waals surface area contributed by atoms with Gasteiger partial charge in [-0.05, 0) is 24.3 Å². The Morgan fingerprint density at radius 3 is 1.39 bits per heavy atom. The van der Waals surface area contributed by atoms with Gasteiger partial charge in [-0.25, -0.2) is 9.97 Å². The number of fused-ring (bicyclic) bond motifs is 2. The first-order valence-electron chi connectivity index (χ1n) is 4.96. The molecule has 0 aliphatic rings. The van der Waals surface area contributed by atoms with Gasteiger partial charge in [0, 0.05) is 10.8 Å². The van der Waals surface area contributed by atoms with Crippen LogP contribution in [0.25, 0.3) is 21.8 Å². The van der Waals surface area contributed by atoms with Crippen molar-refractivity contribution in [3.05, 3.63) is 44.6 Å². The molecule has 2 heterocycles. The number of benzene rings is 1. The highest BCUT2D eigenvalue weighted by atomic mass is 35.5. The van der Waals surface area contributed by atoms with Crippen LogP contribution < -0.4 is 0 Å². The van der Waals surface area contributed by atoms with Crippen molar-refractivity contribution in [2.75, 3.05) is 0 Å². The number of hydrogen-bond donors (Lipinski definition) is 0. The van der Waals surface area contributed by atoms with Crippen LogP contribution in [0.2, 0.25) is 20.4 Å². The molecule has 0 saturated heterocycles. The molecule has 0 amide bonds. The summed E-state index contributed by atoms with van der Waals surface area (Å²) in [6, 6.07) is 7.19. The molecule has 2 aromatic heterocycles. The average molecular weight is 318 g/mol. The van der Waals surface area contributed by atoms with E-state index in [0.29, 0.717) is 10.0 Å². The quantitative estimate of drug-likeness (QED) is 0.410. The maximum Gasteiger partial charge on any atom is 0.148 e. The standard InChI is InChI=1S/C12H4Cl4N2/c13-7-1-5-3-10-6(2-8(14)12(16)18-10)4-9(5)17-11(7)15/h1-4H. The van der Waals surface area contributed by atoms with Crippen molar-refractivity contribution >= 4 is 68.2 Å². The molecular weight excluding hydrogens is 314 g/mol.